The van der Waals surface area contributed by atoms with Gasteiger partial charge in [-0.1, -0.05) is 18.2 Å². The molecule has 2 rings (SSSR count). The van der Waals surface area contributed by atoms with Crippen LogP contribution in [-0.4, -0.2) is 24.1 Å². The van der Waals surface area contributed by atoms with Gasteiger partial charge in [0, 0.05) is 6.54 Å². The van der Waals surface area contributed by atoms with Gasteiger partial charge in [0.1, 0.15) is 11.9 Å². The molecule has 1 saturated heterocycles. The van der Waals surface area contributed by atoms with E-state index in [2.05, 4.69) is 24.9 Å². The Morgan fingerprint density at radius 3 is 2.86 bits per heavy atom. The summed E-state index contributed by atoms with van der Waals surface area (Å²) >= 11 is 0. The molecule has 0 saturated carbocycles. The highest BCUT2D eigenvalue weighted by atomic mass is 16.5. The van der Waals surface area contributed by atoms with E-state index in [1.807, 2.05) is 18.2 Å². The quantitative estimate of drug-likeness (QED) is 0.663. The molecule has 1 aliphatic rings. The molecule has 0 aliphatic carbocycles. The molecule has 2 heteroatoms. The van der Waals surface area contributed by atoms with Crippen LogP contribution in [0.15, 0.2) is 24.3 Å². The summed E-state index contributed by atoms with van der Waals surface area (Å²) in [4.78, 5) is 2.06. The van der Waals surface area contributed by atoms with Crippen LogP contribution in [0.4, 0.5) is 0 Å². The van der Waals surface area contributed by atoms with Crippen molar-refractivity contribution in [2.45, 2.75) is 19.4 Å². The molecular formula is C12H16NO-. The molecule has 1 unspecified atom stereocenters. The van der Waals surface area contributed by atoms with E-state index in [1.54, 1.807) is 0 Å². The first-order valence-corrected chi connectivity index (χ1v) is 5.03. The van der Waals surface area contributed by atoms with Crippen LogP contribution in [0.1, 0.15) is 12.0 Å². The van der Waals surface area contributed by atoms with Gasteiger partial charge in [0.25, 0.3) is 0 Å². The van der Waals surface area contributed by atoms with Crippen molar-refractivity contribution in [2.24, 2.45) is 0 Å². The highest BCUT2D eigenvalue weighted by molar-refractivity contribution is 5.32. The lowest BCUT2D eigenvalue weighted by atomic mass is 10.2. The molecule has 1 fully saturated rings. The Hall–Kier alpha value is -1.02. The Kier molecular flexibility index (Phi) is 2.73. The summed E-state index contributed by atoms with van der Waals surface area (Å²) in [6.45, 7) is 4.05. The molecule has 1 atom stereocenters. The lowest BCUT2D eigenvalue weighted by Gasteiger charge is -2.18. The number of ether oxygens (including phenoxy) is 1. The van der Waals surface area contributed by atoms with Crippen molar-refractivity contribution in [3.8, 4) is 5.75 Å². The molecular weight excluding hydrogens is 174 g/mol. The fraction of sp³-hybridized carbons (Fsp3) is 0.417. The largest absolute Gasteiger partial charge is 0.489 e. The van der Waals surface area contributed by atoms with Gasteiger partial charge in [-0.15, -0.1) is 0 Å². The number of para-hydroxylation sites is 1. The van der Waals surface area contributed by atoms with E-state index in [0.717, 1.165) is 25.3 Å². The molecule has 14 heavy (non-hydrogen) atoms. The fourth-order valence-electron chi connectivity index (χ4n) is 1.76. The van der Waals surface area contributed by atoms with Gasteiger partial charge in [-0.25, -0.2) is 0 Å². The van der Waals surface area contributed by atoms with Gasteiger partial charge in [-0.2, -0.15) is 0 Å². The topological polar surface area (TPSA) is 12.5 Å². The summed E-state index contributed by atoms with van der Waals surface area (Å²) in [5, 5.41) is 0. The van der Waals surface area contributed by atoms with Crippen molar-refractivity contribution in [3.05, 3.63) is 36.9 Å². The highest BCUT2D eigenvalue weighted by Gasteiger charge is 2.17. The van der Waals surface area contributed by atoms with Crippen molar-refractivity contribution in [3.63, 3.8) is 0 Å². The first-order valence-electron chi connectivity index (χ1n) is 5.03. The van der Waals surface area contributed by atoms with Crippen LogP contribution >= 0.6 is 0 Å². The molecule has 0 aromatic heterocycles. The highest BCUT2D eigenvalue weighted by Crippen LogP contribution is 2.21. The van der Waals surface area contributed by atoms with Crippen molar-refractivity contribution >= 4 is 0 Å². The standard InChI is InChI=1S/C12H16NO/c1-10-5-3-4-6-12(10)14-11-7-8-13(2)9-11/h3-6,11H,2,7-9H2,1H3/q-1. The van der Waals surface area contributed by atoms with Gasteiger partial charge in [0.15, 0.2) is 0 Å². The maximum absolute atomic E-state index is 5.89. The number of hydrogen-bond donors (Lipinski definition) is 0. The van der Waals surface area contributed by atoms with Gasteiger partial charge >= 0.3 is 0 Å². The molecule has 0 amide bonds. The second-order valence-corrected chi connectivity index (χ2v) is 3.87. The third-order valence-electron chi connectivity index (χ3n) is 2.62. The zero-order valence-electron chi connectivity index (χ0n) is 8.57. The fourth-order valence-corrected chi connectivity index (χ4v) is 1.76. The number of rotatable bonds is 2. The second kappa shape index (κ2) is 4.01. The van der Waals surface area contributed by atoms with Gasteiger partial charge in [0.2, 0.25) is 0 Å². The van der Waals surface area contributed by atoms with Crippen LogP contribution in [0.2, 0.25) is 0 Å². The summed E-state index contributed by atoms with van der Waals surface area (Å²) in [5.41, 5.74) is 1.20. The Morgan fingerprint density at radius 2 is 2.21 bits per heavy atom. The van der Waals surface area contributed by atoms with Crippen molar-refractivity contribution in [1.29, 1.82) is 0 Å². The van der Waals surface area contributed by atoms with Crippen molar-refractivity contribution in [1.82, 2.24) is 4.90 Å². The van der Waals surface area contributed by atoms with Gasteiger partial charge < -0.3 is 9.64 Å². The van der Waals surface area contributed by atoms with Gasteiger partial charge in [-0.3, -0.25) is 7.05 Å². The number of benzene rings is 1. The van der Waals surface area contributed by atoms with Gasteiger partial charge in [0.05, 0.1) is 0 Å². The number of aryl methyl sites for hydroxylation is 1. The molecule has 76 valence electrons. The maximum Gasteiger partial charge on any atom is 0.122 e. The Morgan fingerprint density at radius 1 is 1.43 bits per heavy atom. The SMILES string of the molecule is [CH2-]N1CCC(Oc2ccccc2C)C1. The van der Waals surface area contributed by atoms with E-state index in [0.29, 0.717) is 6.10 Å². The number of likely N-dealkylation sites (tertiary alicyclic amines) is 1. The summed E-state index contributed by atoms with van der Waals surface area (Å²) in [7, 11) is 3.91. The number of hydrogen-bond acceptors (Lipinski definition) is 2. The van der Waals surface area contributed by atoms with Crippen molar-refractivity contribution in [2.75, 3.05) is 13.1 Å². The lowest BCUT2D eigenvalue weighted by Crippen LogP contribution is -2.20. The molecule has 1 aliphatic heterocycles. The Balaban J connectivity index is 2.01. The predicted molar refractivity (Wildman–Crippen MR) is 57.1 cm³/mol. The zero-order valence-corrected chi connectivity index (χ0v) is 8.57. The average Bonchev–Trinajstić information content (AvgIpc) is 2.56. The zero-order chi connectivity index (χ0) is 9.97. The van der Waals surface area contributed by atoms with E-state index < -0.39 is 0 Å². The van der Waals surface area contributed by atoms with E-state index in [4.69, 9.17) is 4.74 Å². The average molecular weight is 190 g/mol. The van der Waals surface area contributed by atoms with Crippen LogP contribution in [0.3, 0.4) is 0 Å². The van der Waals surface area contributed by atoms with E-state index in [9.17, 15) is 0 Å². The minimum absolute atomic E-state index is 0.314. The summed E-state index contributed by atoms with van der Waals surface area (Å²) < 4.78 is 5.89. The molecule has 1 aromatic carbocycles. The molecule has 0 radical (unpaired) electrons. The van der Waals surface area contributed by atoms with E-state index in [1.165, 1.54) is 5.56 Å². The molecule has 1 heterocycles. The Bertz CT molecular complexity index is 311. The molecule has 0 bridgehead atoms. The normalized spacial score (nSPS) is 22.6. The lowest BCUT2D eigenvalue weighted by molar-refractivity contribution is 0.210. The first-order chi connectivity index (χ1) is 6.75. The molecule has 0 spiro atoms. The third-order valence-corrected chi connectivity index (χ3v) is 2.62. The summed E-state index contributed by atoms with van der Waals surface area (Å²) in [6.07, 6.45) is 1.39. The predicted octanol–water partition coefficient (Wildman–Crippen LogP) is 2.24. The minimum Gasteiger partial charge on any atom is -0.489 e. The maximum atomic E-state index is 5.89. The van der Waals surface area contributed by atoms with Crippen LogP contribution in [0.5, 0.6) is 5.75 Å². The first kappa shape index (κ1) is 9.53. The third kappa shape index (κ3) is 2.07. The van der Waals surface area contributed by atoms with Crippen molar-refractivity contribution < 1.29 is 4.74 Å². The van der Waals surface area contributed by atoms with Gasteiger partial charge in [-0.05, 0) is 31.5 Å². The van der Waals surface area contributed by atoms with Crippen LogP contribution in [0.25, 0.3) is 0 Å². The Labute approximate surface area is 85.5 Å². The smallest absolute Gasteiger partial charge is 0.122 e. The minimum atomic E-state index is 0.314. The van der Waals surface area contributed by atoms with Crippen LogP contribution in [0, 0.1) is 14.0 Å². The molecule has 0 N–H and O–H groups in total. The van der Waals surface area contributed by atoms with E-state index in [-0.39, 0.29) is 0 Å². The van der Waals surface area contributed by atoms with Crippen LogP contribution < -0.4 is 4.74 Å². The molecule has 2 nitrogen and oxygen atoms in total. The summed E-state index contributed by atoms with van der Waals surface area (Å²) in [5.74, 6) is 1.01. The van der Waals surface area contributed by atoms with Crippen LogP contribution in [-0.2, 0) is 0 Å². The monoisotopic (exact) mass is 190 g/mol. The molecule has 1 aromatic rings. The second-order valence-electron chi connectivity index (χ2n) is 3.87. The number of nitrogens with zero attached hydrogens (tertiary/aromatic N) is 1. The van der Waals surface area contributed by atoms with E-state index >= 15 is 0 Å². The summed E-state index contributed by atoms with van der Waals surface area (Å²) in [6, 6.07) is 8.15.